The van der Waals surface area contributed by atoms with Gasteiger partial charge in [0.2, 0.25) is 0 Å². The van der Waals surface area contributed by atoms with Gasteiger partial charge >= 0.3 is 11.9 Å². The van der Waals surface area contributed by atoms with Crippen molar-refractivity contribution < 1.29 is 19.4 Å². The number of benzene rings is 1. The van der Waals surface area contributed by atoms with Gasteiger partial charge in [-0.3, -0.25) is 0 Å². The lowest BCUT2D eigenvalue weighted by Gasteiger charge is -2.10. The zero-order valence-electron chi connectivity index (χ0n) is 21.7. The van der Waals surface area contributed by atoms with Crippen LogP contribution in [0.5, 0.6) is 0 Å². The molecule has 34 heavy (non-hydrogen) atoms. The van der Waals surface area contributed by atoms with Crippen molar-refractivity contribution in [2.45, 2.75) is 110 Å². The van der Waals surface area contributed by atoms with Crippen LogP contribution in [0.3, 0.4) is 0 Å². The molecule has 0 amide bonds. The summed E-state index contributed by atoms with van der Waals surface area (Å²) in [5.74, 6) is -0.311. The van der Waals surface area contributed by atoms with Crippen LogP contribution in [0.1, 0.15) is 124 Å². The molecule has 1 aromatic carbocycles. The summed E-state index contributed by atoms with van der Waals surface area (Å²) >= 11 is 1.99. The number of aryl methyl sites for hydroxylation is 1. The van der Waals surface area contributed by atoms with E-state index in [1.54, 1.807) is 6.07 Å². The maximum atomic E-state index is 12.4. The lowest BCUT2D eigenvalue weighted by molar-refractivity contribution is 0.0487. The predicted octanol–water partition coefficient (Wildman–Crippen LogP) is 7.47. The quantitative estimate of drug-likeness (QED) is 0.184. The van der Waals surface area contributed by atoms with Gasteiger partial charge in [-0.25, -0.2) is 9.59 Å². The molecule has 6 heteroatoms. The van der Waals surface area contributed by atoms with Gasteiger partial charge in [-0.2, -0.15) is 0 Å². The molecule has 5 nitrogen and oxygen atoms in total. The van der Waals surface area contributed by atoms with E-state index in [0.717, 1.165) is 37.7 Å². The summed E-state index contributed by atoms with van der Waals surface area (Å²) in [6.07, 6.45) is 14.8. The van der Waals surface area contributed by atoms with Crippen LogP contribution in [0.4, 0.5) is 0 Å². The van der Waals surface area contributed by atoms with E-state index in [0.29, 0.717) is 12.0 Å². The molecule has 0 aliphatic carbocycles. The van der Waals surface area contributed by atoms with Gasteiger partial charge in [-0.05, 0) is 43.9 Å². The topological polar surface area (TPSA) is 75.6 Å². The molecule has 194 valence electrons. The van der Waals surface area contributed by atoms with Crippen LogP contribution >= 0.6 is 11.8 Å². The van der Waals surface area contributed by atoms with E-state index >= 15 is 0 Å². The van der Waals surface area contributed by atoms with Gasteiger partial charge in [0.1, 0.15) is 0 Å². The second kappa shape index (κ2) is 19.7. The number of ether oxygens (including phenoxy) is 1. The van der Waals surface area contributed by atoms with E-state index in [9.17, 15) is 14.7 Å². The number of esters is 1. The highest BCUT2D eigenvalue weighted by atomic mass is 32.2. The second-order valence-electron chi connectivity index (χ2n) is 9.07. The number of carboxylic acid groups (broad SMARTS) is 1. The van der Waals surface area contributed by atoms with Gasteiger partial charge in [-0.15, -0.1) is 11.8 Å². The third-order valence-electron chi connectivity index (χ3n) is 5.99. The van der Waals surface area contributed by atoms with Crippen molar-refractivity contribution in [1.82, 2.24) is 5.32 Å². The Bertz CT molecular complexity index is 689. The van der Waals surface area contributed by atoms with Gasteiger partial charge < -0.3 is 15.2 Å². The zero-order valence-corrected chi connectivity index (χ0v) is 22.5. The van der Waals surface area contributed by atoms with Crippen molar-refractivity contribution in [1.29, 1.82) is 0 Å². The zero-order chi connectivity index (χ0) is 25.0. The average Bonchev–Trinajstić information content (AvgIpc) is 3.31. The fourth-order valence-corrected chi connectivity index (χ4v) is 4.72. The molecule has 0 bridgehead atoms. The molecule has 2 rings (SSSR count). The standard InChI is InChI=1S/C24H38O4.C4H9NS/c1-3-5-7-9-11-13-15-20-16-17-21(23(25)26)22(19-20)24(27)28-18-14-12-10-8-6-4-2;1-4-5-2-3-6-4/h16-17,19H,3-15,18H2,1-2H3,(H,25,26);4-5H,2-3H2,1H3. The molecule has 1 heterocycles. The molecule has 1 unspecified atom stereocenters. The van der Waals surface area contributed by atoms with Gasteiger partial charge in [0.15, 0.2) is 0 Å². The fourth-order valence-electron chi connectivity index (χ4n) is 3.89. The highest BCUT2D eigenvalue weighted by molar-refractivity contribution is 8.00. The van der Waals surface area contributed by atoms with Crippen LogP contribution in [-0.4, -0.2) is 41.3 Å². The van der Waals surface area contributed by atoms with E-state index in [2.05, 4.69) is 26.1 Å². The van der Waals surface area contributed by atoms with Crippen LogP contribution < -0.4 is 5.32 Å². The van der Waals surface area contributed by atoms with Gasteiger partial charge in [0.05, 0.1) is 23.1 Å². The Kier molecular flexibility index (Phi) is 17.7. The molecule has 0 aromatic heterocycles. The summed E-state index contributed by atoms with van der Waals surface area (Å²) in [5.41, 5.74) is 1.22. The number of rotatable bonds is 16. The first-order valence-electron chi connectivity index (χ1n) is 13.4. The largest absolute Gasteiger partial charge is 0.478 e. The molecule has 0 saturated carbocycles. The normalized spacial score (nSPS) is 15.0. The average molecular weight is 494 g/mol. The number of carboxylic acids is 1. The highest BCUT2D eigenvalue weighted by Gasteiger charge is 2.18. The molecule has 1 aliphatic heterocycles. The molecule has 1 aromatic rings. The SMILES string of the molecule is CC1NCCS1.CCCCCCCCOC(=O)c1cc(CCCCCCCC)ccc1C(=O)O. The summed E-state index contributed by atoms with van der Waals surface area (Å²) in [6, 6.07) is 5.06. The maximum absolute atomic E-state index is 12.4. The summed E-state index contributed by atoms with van der Waals surface area (Å²) in [4.78, 5) is 23.9. The van der Waals surface area contributed by atoms with Crippen LogP contribution in [0.25, 0.3) is 0 Å². The number of hydrogen-bond donors (Lipinski definition) is 2. The fraction of sp³-hybridized carbons (Fsp3) is 0.714. The smallest absolute Gasteiger partial charge is 0.339 e. The highest BCUT2D eigenvalue weighted by Crippen LogP contribution is 2.17. The van der Waals surface area contributed by atoms with Crippen molar-refractivity contribution >= 4 is 23.7 Å². The van der Waals surface area contributed by atoms with Crippen LogP contribution in [-0.2, 0) is 11.2 Å². The molecule has 1 saturated heterocycles. The first-order chi connectivity index (χ1) is 16.5. The van der Waals surface area contributed by atoms with E-state index in [-0.39, 0.29) is 11.1 Å². The first kappa shape index (κ1) is 30.5. The van der Waals surface area contributed by atoms with Crippen molar-refractivity contribution in [3.05, 3.63) is 34.9 Å². The van der Waals surface area contributed by atoms with Crippen molar-refractivity contribution in [3.63, 3.8) is 0 Å². The third-order valence-corrected chi connectivity index (χ3v) is 7.09. The summed E-state index contributed by atoms with van der Waals surface area (Å²) in [7, 11) is 0. The molecule has 1 fully saturated rings. The Balaban J connectivity index is 0.000000830. The number of carbonyl (C=O) groups excluding carboxylic acids is 1. The monoisotopic (exact) mass is 493 g/mol. The Labute approximate surface area is 211 Å². The molecule has 1 aliphatic rings. The van der Waals surface area contributed by atoms with E-state index in [1.165, 1.54) is 69.7 Å². The van der Waals surface area contributed by atoms with Gasteiger partial charge in [0, 0.05) is 12.3 Å². The van der Waals surface area contributed by atoms with E-state index in [1.807, 2.05) is 17.8 Å². The minimum absolute atomic E-state index is 0.0274. The van der Waals surface area contributed by atoms with Crippen molar-refractivity contribution in [3.8, 4) is 0 Å². The maximum Gasteiger partial charge on any atom is 0.339 e. The number of unbranched alkanes of at least 4 members (excludes halogenated alkanes) is 10. The van der Waals surface area contributed by atoms with Crippen molar-refractivity contribution in [2.24, 2.45) is 0 Å². The van der Waals surface area contributed by atoms with E-state index < -0.39 is 11.9 Å². The number of nitrogens with one attached hydrogen (secondary N) is 1. The molecule has 2 N–H and O–H groups in total. The lowest BCUT2D eigenvalue weighted by Crippen LogP contribution is -2.14. The van der Waals surface area contributed by atoms with Crippen LogP contribution in [0, 0.1) is 0 Å². The Hall–Kier alpha value is -1.53. The van der Waals surface area contributed by atoms with Crippen LogP contribution in [0.15, 0.2) is 18.2 Å². The van der Waals surface area contributed by atoms with Crippen LogP contribution in [0.2, 0.25) is 0 Å². The number of hydrogen-bond acceptors (Lipinski definition) is 5. The summed E-state index contributed by atoms with van der Waals surface area (Å²) in [5, 5.41) is 13.4. The second-order valence-corrected chi connectivity index (χ2v) is 10.5. The Morgan fingerprint density at radius 1 is 0.941 bits per heavy atom. The van der Waals surface area contributed by atoms with Gasteiger partial charge in [0.25, 0.3) is 0 Å². The molecule has 1 atom stereocenters. The number of carbonyl (C=O) groups is 2. The third kappa shape index (κ3) is 14.0. The molecular formula is C28H47NO4S. The first-order valence-corrected chi connectivity index (χ1v) is 14.4. The summed E-state index contributed by atoms with van der Waals surface area (Å²) < 4.78 is 5.35. The lowest BCUT2D eigenvalue weighted by atomic mass is 9.99. The van der Waals surface area contributed by atoms with E-state index in [4.69, 9.17) is 4.74 Å². The molecular weight excluding hydrogens is 446 g/mol. The Morgan fingerprint density at radius 3 is 2.09 bits per heavy atom. The predicted molar refractivity (Wildman–Crippen MR) is 144 cm³/mol. The number of aromatic carboxylic acids is 1. The molecule has 0 radical (unpaired) electrons. The minimum atomic E-state index is -1.09. The number of thioether (sulfide) groups is 1. The van der Waals surface area contributed by atoms with Gasteiger partial charge in [-0.1, -0.05) is 84.1 Å². The Morgan fingerprint density at radius 2 is 1.56 bits per heavy atom. The molecule has 0 spiro atoms. The summed E-state index contributed by atoms with van der Waals surface area (Å²) in [6.45, 7) is 8.13. The minimum Gasteiger partial charge on any atom is -0.478 e. The van der Waals surface area contributed by atoms with Crippen molar-refractivity contribution in [2.75, 3.05) is 18.9 Å².